The number of carbonyl (C=O) groups excluding carboxylic acids is 3. The number of nitrogens with zero attached hydrogens (tertiary/aromatic N) is 3. The van der Waals surface area contributed by atoms with Crippen molar-refractivity contribution in [3.8, 4) is 5.75 Å². The molecule has 3 fully saturated rings. The van der Waals surface area contributed by atoms with Gasteiger partial charge in [0.15, 0.2) is 0 Å². The molecule has 9 heteroatoms. The van der Waals surface area contributed by atoms with Gasteiger partial charge < -0.3 is 24.5 Å². The number of ether oxygens (including phenoxy) is 1. The molecule has 3 saturated heterocycles. The predicted octanol–water partition coefficient (Wildman–Crippen LogP) is 4.77. The molecule has 0 aliphatic carbocycles. The van der Waals surface area contributed by atoms with Crippen LogP contribution in [-0.4, -0.2) is 86.6 Å². The van der Waals surface area contributed by atoms with Crippen LogP contribution in [0, 0.1) is 23.7 Å². The van der Waals surface area contributed by atoms with Crippen LogP contribution < -0.4 is 9.64 Å². The van der Waals surface area contributed by atoms with Crippen LogP contribution in [0.4, 0.5) is 5.69 Å². The lowest BCUT2D eigenvalue weighted by atomic mass is 9.65. The van der Waals surface area contributed by atoms with E-state index in [1.165, 1.54) is 0 Å². The molecule has 4 rings (SSSR count). The van der Waals surface area contributed by atoms with Crippen LogP contribution in [0.3, 0.4) is 0 Å². The van der Waals surface area contributed by atoms with Gasteiger partial charge in [0.05, 0.1) is 35.8 Å². The van der Waals surface area contributed by atoms with Crippen molar-refractivity contribution in [2.45, 2.75) is 82.5 Å². The van der Waals surface area contributed by atoms with Crippen molar-refractivity contribution in [1.82, 2.24) is 9.80 Å². The summed E-state index contributed by atoms with van der Waals surface area (Å²) < 4.78 is 4.82. The second kappa shape index (κ2) is 12.7. The Hall–Kier alpha value is -2.78. The molecular weight excluding hydrogens is 562 g/mol. The molecular formula is C34H49N3O5S. The minimum Gasteiger partial charge on any atom is -0.494 e. The first-order valence-electron chi connectivity index (χ1n) is 15.5. The quantitative estimate of drug-likeness (QED) is 0.343. The van der Waals surface area contributed by atoms with Gasteiger partial charge in [0.25, 0.3) is 0 Å². The van der Waals surface area contributed by atoms with Crippen LogP contribution in [0.25, 0.3) is 0 Å². The van der Waals surface area contributed by atoms with Crippen molar-refractivity contribution in [3.05, 3.63) is 49.6 Å². The standard InChI is InChI=1S/C34H49N3O5S/c1-10-17-35(23-13-15-24(16-14-23)42-12-3)30(39)27-26-19-22(6)34(43-26)28(27)31(40)37(25(20-38)21(4)5)29(34)32(41)36(18-11-2)33(7,8)9/h10-11,13-16,21-22,25-29,38H,1-2,12,17-20H2,3-9H3/t22?,25-,26+,27-,28-,29?,34?/m0/s1. The molecule has 3 heterocycles. The topological polar surface area (TPSA) is 90.4 Å². The van der Waals surface area contributed by atoms with Gasteiger partial charge in [-0.25, -0.2) is 0 Å². The molecule has 1 spiro atoms. The maximum Gasteiger partial charge on any atom is 0.247 e. The Labute approximate surface area is 261 Å². The summed E-state index contributed by atoms with van der Waals surface area (Å²) in [6, 6.07) is 6.05. The van der Waals surface area contributed by atoms with E-state index in [2.05, 4.69) is 20.1 Å². The fraction of sp³-hybridized carbons (Fsp3) is 0.618. The van der Waals surface area contributed by atoms with Crippen LogP contribution >= 0.6 is 11.8 Å². The third-order valence-corrected chi connectivity index (χ3v) is 11.5. The van der Waals surface area contributed by atoms with Crippen LogP contribution in [0.5, 0.6) is 5.75 Å². The molecule has 0 aromatic heterocycles. The second-order valence-electron chi connectivity index (χ2n) is 13.4. The van der Waals surface area contributed by atoms with Crippen molar-refractivity contribution in [2.75, 3.05) is 31.2 Å². The molecule has 3 unspecified atom stereocenters. The van der Waals surface area contributed by atoms with E-state index >= 15 is 0 Å². The number of carbonyl (C=O) groups is 3. The van der Waals surface area contributed by atoms with E-state index in [-0.39, 0.29) is 41.4 Å². The van der Waals surface area contributed by atoms with Crippen molar-refractivity contribution in [1.29, 1.82) is 0 Å². The van der Waals surface area contributed by atoms with Crippen molar-refractivity contribution < 1.29 is 24.2 Å². The van der Waals surface area contributed by atoms with Crippen LogP contribution in [0.15, 0.2) is 49.6 Å². The molecule has 3 amide bonds. The fourth-order valence-corrected chi connectivity index (χ4v) is 9.89. The van der Waals surface area contributed by atoms with Crippen molar-refractivity contribution in [2.24, 2.45) is 23.7 Å². The Bertz CT molecular complexity index is 1230. The number of aliphatic hydroxyl groups excluding tert-OH is 1. The number of aliphatic hydroxyl groups is 1. The first kappa shape index (κ1) is 33.1. The number of anilines is 1. The van der Waals surface area contributed by atoms with Gasteiger partial charge in [-0.2, -0.15) is 0 Å². The summed E-state index contributed by atoms with van der Waals surface area (Å²) in [5, 5.41) is 10.5. The zero-order valence-corrected chi connectivity index (χ0v) is 27.6. The van der Waals surface area contributed by atoms with E-state index in [4.69, 9.17) is 4.74 Å². The summed E-state index contributed by atoms with van der Waals surface area (Å²) in [4.78, 5) is 49.2. The molecule has 0 saturated carbocycles. The molecule has 0 radical (unpaired) electrons. The average Bonchev–Trinajstić information content (AvgIpc) is 3.54. The Kier molecular flexibility index (Phi) is 9.77. The highest BCUT2D eigenvalue weighted by atomic mass is 32.2. The minimum absolute atomic E-state index is 0.0230. The third kappa shape index (κ3) is 5.52. The predicted molar refractivity (Wildman–Crippen MR) is 173 cm³/mol. The number of hydrogen-bond donors (Lipinski definition) is 1. The SMILES string of the molecule is C=CCN(C(=O)[C@@H]1[C@H]2C(=O)N([C@@H](CO)C(C)C)C(C(=O)N(CC=C)C(C)(C)C)C23S[C@@H]1CC3C)c1ccc(OCC)cc1. The number of amides is 3. The Balaban J connectivity index is 1.83. The molecule has 2 bridgehead atoms. The first-order chi connectivity index (χ1) is 20.3. The lowest BCUT2D eigenvalue weighted by Gasteiger charge is -2.45. The number of likely N-dealkylation sites (tertiary alicyclic amines) is 1. The summed E-state index contributed by atoms with van der Waals surface area (Å²) in [5.74, 6) is -1.12. The molecule has 43 heavy (non-hydrogen) atoms. The Morgan fingerprint density at radius 3 is 2.30 bits per heavy atom. The Morgan fingerprint density at radius 2 is 1.79 bits per heavy atom. The summed E-state index contributed by atoms with van der Waals surface area (Å²) in [6.45, 7) is 22.6. The van der Waals surface area contributed by atoms with Crippen LogP contribution in [0.2, 0.25) is 0 Å². The summed E-state index contributed by atoms with van der Waals surface area (Å²) in [7, 11) is 0. The van der Waals surface area contributed by atoms with Gasteiger partial charge in [-0.3, -0.25) is 14.4 Å². The highest BCUT2D eigenvalue weighted by Gasteiger charge is 2.77. The molecule has 1 N–H and O–H groups in total. The van der Waals surface area contributed by atoms with Gasteiger partial charge in [0, 0.05) is 29.6 Å². The molecule has 3 aliphatic heterocycles. The zero-order chi connectivity index (χ0) is 31.9. The van der Waals surface area contributed by atoms with Crippen LogP contribution in [-0.2, 0) is 14.4 Å². The number of fused-ring (bicyclic) bond motifs is 1. The van der Waals surface area contributed by atoms with Gasteiger partial charge >= 0.3 is 0 Å². The van der Waals surface area contributed by atoms with E-state index in [1.807, 2.05) is 65.8 Å². The maximum atomic E-state index is 14.7. The molecule has 7 atom stereocenters. The van der Waals surface area contributed by atoms with E-state index in [0.29, 0.717) is 25.4 Å². The smallest absolute Gasteiger partial charge is 0.247 e. The normalized spacial score (nSPS) is 28.5. The lowest BCUT2D eigenvalue weighted by Crippen LogP contribution is -2.62. The van der Waals surface area contributed by atoms with Gasteiger partial charge in [-0.05, 0) is 70.2 Å². The lowest BCUT2D eigenvalue weighted by molar-refractivity contribution is -0.149. The zero-order valence-electron chi connectivity index (χ0n) is 26.8. The minimum atomic E-state index is -0.801. The van der Waals surface area contributed by atoms with Gasteiger partial charge in [0.1, 0.15) is 11.8 Å². The molecule has 3 aliphatic rings. The van der Waals surface area contributed by atoms with Crippen molar-refractivity contribution >= 4 is 35.2 Å². The van der Waals surface area contributed by atoms with E-state index in [0.717, 1.165) is 12.2 Å². The largest absolute Gasteiger partial charge is 0.494 e. The molecule has 1 aromatic carbocycles. The summed E-state index contributed by atoms with van der Waals surface area (Å²) >= 11 is 1.65. The summed E-state index contributed by atoms with van der Waals surface area (Å²) in [5.41, 5.74) is 0.188. The number of benzene rings is 1. The highest BCUT2D eigenvalue weighted by molar-refractivity contribution is 8.02. The molecule has 1 aromatic rings. The van der Waals surface area contributed by atoms with Gasteiger partial charge in [-0.1, -0.05) is 32.9 Å². The highest BCUT2D eigenvalue weighted by Crippen LogP contribution is 2.69. The second-order valence-corrected chi connectivity index (χ2v) is 14.9. The van der Waals surface area contributed by atoms with Crippen molar-refractivity contribution in [3.63, 3.8) is 0 Å². The molecule has 8 nitrogen and oxygen atoms in total. The van der Waals surface area contributed by atoms with E-state index < -0.39 is 34.2 Å². The average molecular weight is 612 g/mol. The number of thioether (sulfide) groups is 1. The number of hydrogen-bond acceptors (Lipinski definition) is 6. The van der Waals surface area contributed by atoms with E-state index in [1.54, 1.807) is 38.6 Å². The van der Waals surface area contributed by atoms with E-state index in [9.17, 15) is 19.5 Å². The third-order valence-electron chi connectivity index (χ3n) is 9.44. The monoisotopic (exact) mass is 611 g/mol. The van der Waals surface area contributed by atoms with Gasteiger partial charge in [0.2, 0.25) is 17.7 Å². The van der Waals surface area contributed by atoms with Crippen LogP contribution in [0.1, 0.15) is 54.9 Å². The maximum absolute atomic E-state index is 14.7. The van der Waals surface area contributed by atoms with Gasteiger partial charge in [-0.15, -0.1) is 24.9 Å². The summed E-state index contributed by atoms with van der Waals surface area (Å²) in [6.07, 6.45) is 4.14. The fourth-order valence-electron chi connectivity index (χ4n) is 7.49. The first-order valence-corrected chi connectivity index (χ1v) is 16.4. The molecule has 236 valence electrons. The Morgan fingerprint density at radius 1 is 1.16 bits per heavy atom. The number of rotatable bonds is 12.